The Bertz CT molecular complexity index is 5260. The Morgan fingerprint density at radius 2 is 0.407 bits per heavy atom. The molecule has 0 saturated heterocycles. The quantitative estimate of drug-likeness (QED) is 0.0357. The molecule has 3 aliphatic carbocycles. The van der Waals surface area contributed by atoms with Crippen LogP contribution < -0.4 is 28.9 Å². The fourth-order valence-electron chi connectivity index (χ4n) is 22.1. The molecule has 1 aromatic heterocycles. The van der Waals surface area contributed by atoms with Gasteiger partial charge < -0.3 is 28.9 Å². The van der Waals surface area contributed by atoms with E-state index in [9.17, 15) is 0 Å². The second kappa shape index (κ2) is 35.7. The van der Waals surface area contributed by atoms with Gasteiger partial charge in [-0.15, -0.1) is 0 Å². The van der Waals surface area contributed by atoms with Gasteiger partial charge in [0.2, 0.25) is 0 Å². The summed E-state index contributed by atoms with van der Waals surface area (Å²) in [5.41, 5.74) is 28.4. The molecule has 3 aliphatic heterocycles. The Morgan fingerprint density at radius 3 is 0.618 bits per heavy atom. The van der Waals surface area contributed by atoms with Gasteiger partial charge in [0.25, 0.3) is 0 Å². The highest BCUT2D eigenvalue weighted by atomic mass is 16.5. The van der Waals surface area contributed by atoms with Crippen molar-refractivity contribution in [2.24, 2.45) is 0 Å². The number of hydrogen-bond acceptors (Lipinski definition) is 9. The van der Waals surface area contributed by atoms with E-state index >= 15 is 0 Å². The van der Waals surface area contributed by atoms with Gasteiger partial charge in [-0.3, -0.25) is 0 Å². The van der Waals surface area contributed by atoms with Crippen LogP contribution in [0.4, 0.5) is 51.2 Å². The fourth-order valence-corrected chi connectivity index (χ4v) is 22.1. The minimum Gasteiger partial charge on any atom is -0.453 e. The highest BCUT2D eigenvalue weighted by Crippen LogP contribution is 2.63. The average Bonchev–Trinajstić information content (AvgIpc) is 1.56. The van der Waals surface area contributed by atoms with E-state index in [-0.39, 0.29) is 16.2 Å². The van der Waals surface area contributed by atoms with E-state index in [0.717, 1.165) is 179 Å². The molecule has 0 saturated carbocycles. The van der Waals surface area contributed by atoms with Crippen molar-refractivity contribution in [3.63, 3.8) is 0 Å². The second-order valence-corrected chi connectivity index (χ2v) is 36.0. The molecular weight excluding hydrogens is 1500 g/mol. The van der Waals surface area contributed by atoms with Crippen molar-refractivity contribution in [3.8, 4) is 102 Å². The molecule has 0 unspecified atom stereocenters. The Labute approximate surface area is 731 Å². The number of unbranched alkanes of at least 4 members (excludes halogenated alkanes) is 18. The summed E-state index contributed by atoms with van der Waals surface area (Å²) in [5.74, 6) is 7.30. The van der Waals surface area contributed by atoms with Gasteiger partial charge in [-0.05, 0) is 233 Å². The normalized spacial score (nSPS) is 14.4. The zero-order chi connectivity index (χ0) is 83.4. The van der Waals surface area contributed by atoms with Crippen molar-refractivity contribution in [1.29, 1.82) is 0 Å². The van der Waals surface area contributed by atoms with Crippen LogP contribution in [-0.4, -0.2) is 15.0 Å². The van der Waals surface area contributed by atoms with Crippen LogP contribution >= 0.6 is 0 Å². The number of nitrogens with zero attached hydrogens (tertiary/aromatic N) is 6. The number of rotatable bonds is 36. The molecule has 123 heavy (non-hydrogen) atoms. The van der Waals surface area contributed by atoms with E-state index in [0.29, 0.717) is 17.5 Å². The standard InChI is InChI=1S/C114H120N6O3/c1-7-13-19-37-67-112(68-38-20-14-8-2)91-73-79(55-61-85(91)88-64-58-82(76-94(88)112)118-97-43-25-31-49-103(97)121-104-50-32-26-44-98(104)118)109-115-110(80-56-62-86-89-65-59-83(119-99-45-27-33-51-105(99)122-106-52-34-28-46-100(106)119)77-95(89)113(92(86)74-80,69-39-21-15-9-3)70-40-22-16-10-4)117-111(116-109)81-57-63-87-90-66-60-84(120-101-47-29-35-53-107(101)123-108-54-36-30-48-102(108)120)78-96(90)114(93(87)75-81,71-41-23-17-11-5)72-42-24-18-12-6/h25-36,43-66,73-78H,7-24,37-42,67-72H2,1-6H3. The smallest absolute Gasteiger partial charge is 0.164 e. The van der Waals surface area contributed by atoms with Crippen LogP contribution in [0.15, 0.2) is 255 Å². The molecule has 0 fully saturated rings. The third-order valence-electron chi connectivity index (χ3n) is 28.3. The summed E-state index contributed by atoms with van der Waals surface area (Å²) in [6.45, 7) is 14.1. The molecule has 4 heterocycles. The molecule has 9 nitrogen and oxygen atoms in total. The van der Waals surface area contributed by atoms with Crippen molar-refractivity contribution in [2.75, 3.05) is 14.7 Å². The van der Waals surface area contributed by atoms with Gasteiger partial charge in [0, 0.05) is 50.0 Å². The number of para-hydroxylation sites is 12. The average molecular weight is 1620 g/mol. The Morgan fingerprint density at radius 1 is 0.211 bits per heavy atom. The van der Waals surface area contributed by atoms with Crippen LogP contribution in [0.5, 0.6) is 34.5 Å². The van der Waals surface area contributed by atoms with E-state index in [1.807, 2.05) is 0 Å². The summed E-state index contributed by atoms with van der Waals surface area (Å²) in [6.07, 6.45) is 34.5. The summed E-state index contributed by atoms with van der Waals surface area (Å²) in [5, 5.41) is 0. The van der Waals surface area contributed by atoms with Gasteiger partial charge >= 0.3 is 0 Å². The maximum Gasteiger partial charge on any atom is 0.164 e. The lowest BCUT2D eigenvalue weighted by Gasteiger charge is -2.36. The van der Waals surface area contributed by atoms with Crippen molar-refractivity contribution < 1.29 is 14.2 Å². The van der Waals surface area contributed by atoms with E-state index in [1.54, 1.807) is 0 Å². The molecular formula is C114H120N6O3. The van der Waals surface area contributed by atoms with E-state index in [1.165, 1.54) is 182 Å². The number of hydrogen-bond donors (Lipinski definition) is 0. The lowest BCUT2D eigenvalue weighted by Crippen LogP contribution is -2.26. The largest absolute Gasteiger partial charge is 0.453 e. The predicted molar refractivity (Wildman–Crippen MR) is 512 cm³/mol. The Hall–Kier alpha value is -11.6. The molecule has 12 aromatic carbocycles. The van der Waals surface area contributed by atoms with Crippen LogP contribution in [0.1, 0.15) is 268 Å². The number of benzene rings is 12. The van der Waals surface area contributed by atoms with Crippen LogP contribution in [0.25, 0.3) is 67.5 Å². The Balaban J connectivity index is 0.808. The summed E-state index contributed by atoms with van der Waals surface area (Å²) in [6, 6.07) is 95.6. The molecule has 0 N–H and O–H groups in total. The van der Waals surface area contributed by atoms with Gasteiger partial charge in [-0.25, -0.2) is 15.0 Å². The zero-order valence-corrected chi connectivity index (χ0v) is 73.4. The number of anilines is 9. The van der Waals surface area contributed by atoms with E-state index in [4.69, 9.17) is 29.2 Å². The first-order chi connectivity index (χ1) is 60.7. The SMILES string of the molecule is CCCCCCC1(CCCCCC)c2cc(-c3nc(-c4ccc5c(c4)C(CCCCCC)(CCCCCC)c4cc(N6c7ccccc7Oc7ccccc76)ccc4-5)nc(-c4ccc5c(c4)C(CCCCCC)(CCCCCC)c4cc(N6c7ccccc7Oc7ccccc76)ccc4-5)n3)ccc2-c2ccc(N3c4ccccc4Oc4ccccc43)cc21. The molecule has 13 aromatic rings. The van der Waals surface area contributed by atoms with Crippen LogP contribution in [-0.2, 0) is 16.2 Å². The van der Waals surface area contributed by atoms with Gasteiger partial charge in [-0.2, -0.15) is 0 Å². The minimum atomic E-state index is -0.288. The fraction of sp³-hybridized carbons (Fsp3) is 0.342. The highest BCUT2D eigenvalue weighted by molar-refractivity contribution is 5.95. The maximum absolute atomic E-state index is 6.68. The maximum atomic E-state index is 6.68. The molecule has 0 radical (unpaired) electrons. The van der Waals surface area contributed by atoms with Gasteiger partial charge in [-0.1, -0.05) is 323 Å². The van der Waals surface area contributed by atoms with Crippen LogP contribution in [0, 0.1) is 0 Å². The Kier molecular flexibility index (Phi) is 23.6. The summed E-state index contributed by atoms with van der Waals surface area (Å²) < 4.78 is 20.0. The van der Waals surface area contributed by atoms with Crippen molar-refractivity contribution in [3.05, 3.63) is 288 Å². The van der Waals surface area contributed by atoms with Crippen LogP contribution in [0.2, 0.25) is 0 Å². The molecule has 0 bridgehead atoms. The topological polar surface area (TPSA) is 76.1 Å². The van der Waals surface area contributed by atoms with Crippen LogP contribution in [0.3, 0.4) is 0 Å². The monoisotopic (exact) mass is 1620 g/mol. The first-order valence-electron chi connectivity index (χ1n) is 47.3. The minimum absolute atomic E-state index is 0.288. The van der Waals surface area contributed by atoms with Crippen molar-refractivity contribution in [1.82, 2.24) is 15.0 Å². The molecule has 624 valence electrons. The van der Waals surface area contributed by atoms with E-state index in [2.05, 4.69) is 311 Å². The number of fused-ring (bicyclic) bond motifs is 15. The highest BCUT2D eigenvalue weighted by Gasteiger charge is 2.48. The van der Waals surface area contributed by atoms with Gasteiger partial charge in [0.15, 0.2) is 52.0 Å². The first-order valence-corrected chi connectivity index (χ1v) is 47.3. The molecule has 9 heteroatoms. The first kappa shape index (κ1) is 81.1. The summed E-state index contributed by atoms with van der Waals surface area (Å²) >= 11 is 0. The summed E-state index contributed by atoms with van der Waals surface area (Å²) in [4.78, 5) is 25.3. The lowest BCUT2D eigenvalue weighted by atomic mass is 9.70. The second-order valence-electron chi connectivity index (χ2n) is 36.0. The molecule has 0 atom stereocenters. The zero-order valence-electron chi connectivity index (χ0n) is 73.4. The third kappa shape index (κ3) is 15.0. The molecule has 6 aliphatic rings. The molecule has 0 amide bonds. The van der Waals surface area contributed by atoms with Crippen molar-refractivity contribution in [2.45, 2.75) is 250 Å². The van der Waals surface area contributed by atoms with E-state index < -0.39 is 0 Å². The number of ether oxygens (including phenoxy) is 3. The predicted octanol–water partition coefficient (Wildman–Crippen LogP) is 34.2. The van der Waals surface area contributed by atoms with Gasteiger partial charge in [0.05, 0.1) is 34.1 Å². The number of aromatic nitrogens is 3. The molecule has 0 spiro atoms. The molecule has 19 rings (SSSR count). The third-order valence-corrected chi connectivity index (χ3v) is 28.3. The lowest BCUT2D eigenvalue weighted by molar-refractivity contribution is 0.401. The van der Waals surface area contributed by atoms with Gasteiger partial charge in [0.1, 0.15) is 0 Å². The van der Waals surface area contributed by atoms with Crippen molar-refractivity contribution >= 4 is 51.2 Å². The summed E-state index contributed by atoms with van der Waals surface area (Å²) in [7, 11) is 0.